The van der Waals surface area contributed by atoms with E-state index in [1.165, 1.54) is 0 Å². The number of halogens is 1. The van der Waals surface area contributed by atoms with E-state index in [1.54, 1.807) is 0 Å². The molecular weight excluding hydrogens is 443 g/mol. The topological polar surface area (TPSA) is 83.0 Å². The van der Waals surface area contributed by atoms with Crippen LogP contribution in [0.2, 0.25) is 0 Å². The smallest absolute Gasteiger partial charge is 0.191 e. The van der Waals surface area contributed by atoms with Crippen molar-refractivity contribution in [2.45, 2.75) is 37.8 Å². The molecule has 1 unspecified atom stereocenters. The number of ether oxygens (including phenoxy) is 1. The number of sulfone groups is 1. The van der Waals surface area contributed by atoms with Crippen LogP contribution < -0.4 is 10.6 Å². The Labute approximate surface area is 162 Å². The van der Waals surface area contributed by atoms with Crippen molar-refractivity contribution in [1.29, 1.82) is 0 Å². The molecule has 0 aromatic rings. The average molecular weight is 474 g/mol. The summed E-state index contributed by atoms with van der Waals surface area (Å²) in [5, 5.41) is 6.51. The van der Waals surface area contributed by atoms with E-state index in [0.717, 1.165) is 32.6 Å². The van der Waals surface area contributed by atoms with Crippen molar-refractivity contribution in [3.05, 3.63) is 0 Å². The summed E-state index contributed by atoms with van der Waals surface area (Å²) < 4.78 is 28.7. The van der Waals surface area contributed by atoms with Crippen LogP contribution in [0.25, 0.3) is 0 Å². The van der Waals surface area contributed by atoms with Gasteiger partial charge in [0.15, 0.2) is 15.8 Å². The molecule has 0 radical (unpaired) electrons. The van der Waals surface area contributed by atoms with Crippen molar-refractivity contribution >= 4 is 39.8 Å². The number of hydrogen-bond acceptors (Lipinski definition) is 5. The second kappa shape index (κ2) is 9.54. The molecule has 9 heteroatoms. The zero-order valence-corrected chi connectivity index (χ0v) is 18.0. The van der Waals surface area contributed by atoms with Gasteiger partial charge < -0.3 is 20.3 Å². The zero-order valence-electron chi connectivity index (χ0n) is 14.9. The fourth-order valence-corrected chi connectivity index (χ4v) is 4.82. The normalized spacial score (nSPS) is 26.0. The third-order valence-electron chi connectivity index (χ3n) is 4.82. The lowest BCUT2D eigenvalue weighted by Gasteiger charge is -2.41. The monoisotopic (exact) mass is 474 g/mol. The molecule has 7 nitrogen and oxygen atoms in total. The first kappa shape index (κ1) is 21.9. The van der Waals surface area contributed by atoms with Crippen LogP contribution in [-0.2, 0) is 14.6 Å². The highest BCUT2D eigenvalue weighted by molar-refractivity contribution is 14.0. The lowest BCUT2D eigenvalue weighted by Crippen LogP contribution is -2.52. The predicted molar refractivity (Wildman–Crippen MR) is 108 cm³/mol. The van der Waals surface area contributed by atoms with E-state index in [2.05, 4.69) is 29.6 Å². The molecule has 2 aliphatic heterocycles. The fourth-order valence-electron chi connectivity index (χ4n) is 3.15. The number of hydrogen-bond donors (Lipinski definition) is 2. The molecule has 0 aromatic heterocycles. The van der Waals surface area contributed by atoms with E-state index < -0.39 is 9.84 Å². The number of aliphatic imine (C=N–C) groups is 1. The summed E-state index contributed by atoms with van der Waals surface area (Å²) in [4.78, 5) is 6.98. The minimum atomic E-state index is -2.89. The maximum Gasteiger partial charge on any atom is 0.191 e. The molecule has 2 heterocycles. The molecule has 0 saturated carbocycles. The molecule has 0 spiro atoms. The summed E-state index contributed by atoms with van der Waals surface area (Å²) in [6.07, 6.45) is 2.57. The molecule has 2 aliphatic rings. The largest absolute Gasteiger partial charge is 0.381 e. The molecule has 142 valence electrons. The fraction of sp³-hybridized carbons (Fsp3) is 0.933. The highest BCUT2D eigenvalue weighted by atomic mass is 127. The van der Waals surface area contributed by atoms with Gasteiger partial charge in [-0.3, -0.25) is 4.99 Å². The van der Waals surface area contributed by atoms with Crippen LogP contribution in [0.4, 0.5) is 0 Å². The van der Waals surface area contributed by atoms with Crippen LogP contribution in [0.1, 0.15) is 26.2 Å². The number of guanidine groups is 1. The standard InChI is InChI=1S/C15H30N4O3S.HI/c1-4-16-14(18-13-5-10-23(20,21)11-13)17-12-15(19(2)3)6-8-22-9-7-15;/h13H,4-12H2,1-3H3,(H2,16,17,18);1H. The maximum absolute atomic E-state index is 11.6. The summed E-state index contributed by atoms with van der Waals surface area (Å²) in [6.45, 7) is 4.97. The molecule has 2 saturated heterocycles. The van der Waals surface area contributed by atoms with Crippen molar-refractivity contribution < 1.29 is 13.2 Å². The molecule has 2 fully saturated rings. The van der Waals surface area contributed by atoms with Gasteiger partial charge in [0.1, 0.15) is 0 Å². The second-order valence-electron chi connectivity index (χ2n) is 6.67. The van der Waals surface area contributed by atoms with Gasteiger partial charge in [-0.25, -0.2) is 8.42 Å². The molecule has 0 bridgehead atoms. The Kier molecular flexibility index (Phi) is 8.71. The van der Waals surface area contributed by atoms with Gasteiger partial charge >= 0.3 is 0 Å². The van der Waals surface area contributed by atoms with Crippen LogP contribution in [0.15, 0.2) is 4.99 Å². The van der Waals surface area contributed by atoms with Gasteiger partial charge in [-0.2, -0.15) is 0 Å². The predicted octanol–water partition coefficient (Wildman–Crippen LogP) is 0.457. The molecule has 0 amide bonds. The van der Waals surface area contributed by atoms with Crippen LogP contribution in [-0.4, -0.2) is 82.8 Å². The Balaban J connectivity index is 0.00000288. The highest BCUT2D eigenvalue weighted by Gasteiger charge is 2.35. The van der Waals surface area contributed by atoms with Gasteiger partial charge in [-0.15, -0.1) is 24.0 Å². The van der Waals surface area contributed by atoms with E-state index in [4.69, 9.17) is 9.73 Å². The van der Waals surface area contributed by atoms with Gasteiger partial charge in [-0.1, -0.05) is 0 Å². The summed E-state index contributed by atoms with van der Waals surface area (Å²) in [6, 6.07) is -0.0391. The van der Waals surface area contributed by atoms with Crippen molar-refractivity contribution in [3.8, 4) is 0 Å². The van der Waals surface area contributed by atoms with Crippen LogP contribution >= 0.6 is 24.0 Å². The first-order valence-electron chi connectivity index (χ1n) is 8.37. The minimum Gasteiger partial charge on any atom is -0.381 e. The van der Waals surface area contributed by atoms with Crippen LogP contribution in [0, 0.1) is 0 Å². The Hall–Kier alpha value is -0.130. The highest BCUT2D eigenvalue weighted by Crippen LogP contribution is 2.26. The molecule has 2 N–H and O–H groups in total. The number of rotatable bonds is 5. The minimum absolute atomic E-state index is 0. The lowest BCUT2D eigenvalue weighted by atomic mass is 9.89. The molecule has 24 heavy (non-hydrogen) atoms. The van der Waals surface area contributed by atoms with Crippen molar-refractivity contribution in [3.63, 3.8) is 0 Å². The Morgan fingerprint density at radius 2 is 2.00 bits per heavy atom. The van der Waals surface area contributed by atoms with Crippen LogP contribution in [0.5, 0.6) is 0 Å². The van der Waals surface area contributed by atoms with E-state index in [0.29, 0.717) is 18.9 Å². The zero-order chi connectivity index (χ0) is 16.9. The van der Waals surface area contributed by atoms with Gasteiger partial charge in [0.2, 0.25) is 0 Å². The first-order chi connectivity index (χ1) is 10.9. The number of nitrogens with one attached hydrogen (secondary N) is 2. The molecule has 1 atom stereocenters. The van der Waals surface area contributed by atoms with E-state index in [1.807, 2.05) is 6.92 Å². The first-order valence-corrected chi connectivity index (χ1v) is 10.2. The van der Waals surface area contributed by atoms with Crippen molar-refractivity contribution in [2.75, 3.05) is 51.9 Å². The summed E-state index contributed by atoms with van der Waals surface area (Å²) in [5.74, 6) is 1.18. The van der Waals surface area contributed by atoms with Gasteiger partial charge in [-0.05, 0) is 40.3 Å². The second-order valence-corrected chi connectivity index (χ2v) is 8.90. The Morgan fingerprint density at radius 1 is 1.33 bits per heavy atom. The molecule has 0 aromatic carbocycles. The van der Waals surface area contributed by atoms with Crippen molar-refractivity contribution in [2.24, 2.45) is 4.99 Å². The van der Waals surface area contributed by atoms with E-state index >= 15 is 0 Å². The third-order valence-corrected chi connectivity index (χ3v) is 6.59. The maximum atomic E-state index is 11.6. The molecule has 0 aliphatic carbocycles. The summed E-state index contributed by atoms with van der Waals surface area (Å²) in [5.41, 5.74) is 0.0162. The summed E-state index contributed by atoms with van der Waals surface area (Å²) in [7, 11) is 1.29. The van der Waals surface area contributed by atoms with Gasteiger partial charge in [0.05, 0.1) is 18.1 Å². The van der Waals surface area contributed by atoms with Gasteiger partial charge in [0.25, 0.3) is 0 Å². The summed E-state index contributed by atoms with van der Waals surface area (Å²) >= 11 is 0. The molecule has 2 rings (SSSR count). The SMILES string of the molecule is CCNC(=NCC1(N(C)C)CCOCC1)NC1CCS(=O)(=O)C1.I. The average Bonchev–Trinajstić information content (AvgIpc) is 2.85. The van der Waals surface area contributed by atoms with E-state index in [-0.39, 0.29) is 47.1 Å². The number of nitrogens with zero attached hydrogens (tertiary/aromatic N) is 2. The Bertz CT molecular complexity index is 519. The lowest BCUT2D eigenvalue weighted by molar-refractivity contribution is -0.00255. The molecular formula is C15H31IN4O3S. The van der Waals surface area contributed by atoms with Crippen LogP contribution in [0.3, 0.4) is 0 Å². The van der Waals surface area contributed by atoms with Gasteiger partial charge in [0, 0.05) is 31.3 Å². The third kappa shape index (κ3) is 5.99. The number of likely N-dealkylation sites (N-methyl/N-ethyl adjacent to an activating group) is 1. The quantitative estimate of drug-likeness (QED) is 0.342. The Morgan fingerprint density at radius 3 is 2.50 bits per heavy atom. The van der Waals surface area contributed by atoms with Crippen molar-refractivity contribution in [1.82, 2.24) is 15.5 Å². The van der Waals surface area contributed by atoms with E-state index in [9.17, 15) is 8.42 Å².